The summed E-state index contributed by atoms with van der Waals surface area (Å²) in [5, 5.41) is 10.5. The predicted octanol–water partition coefficient (Wildman–Crippen LogP) is 3.30. The quantitative estimate of drug-likeness (QED) is 0.853. The van der Waals surface area contributed by atoms with Crippen molar-refractivity contribution in [1.82, 2.24) is 4.98 Å². The third-order valence-corrected chi connectivity index (χ3v) is 4.93. The molecule has 0 spiro atoms. The molecule has 0 bridgehead atoms. The maximum Gasteiger partial charge on any atom is 0.123 e. The number of thiazole rings is 1. The molecule has 1 saturated carbocycles. The van der Waals surface area contributed by atoms with Gasteiger partial charge in [-0.15, -0.1) is 11.3 Å². The highest BCUT2D eigenvalue weighted by Crippen LogP contribution is 2.43. The van der Waals surface area contributed by atoms with Crippen LogP contribution in [0.2, 0.25) is 0 Å². The van der Waals surface area contributed by atoms with Gasteiger partial charge in [0.1, 0.15) is 10.2 Å². The van der Waals surface area contributed by atoms with Gasteiger partial charge in [-0.2, -0.15) is 0 Å². The number of halogens is 1. The van der Waals surface area contributed by atoms with Gasteiger partial charge in [0, 0.05) is 0 Å². The maximum absolute atomic E-state index is 10.5. The smallest absolute Gasteiger partial charge is 0.123 e. The van der Waals surface area contributed by atoms with Gasteiger partial charge in [0.2, 0.25) is 0 Å². The van der Waals surface area contributed by atoms with Gasteiger partial charge in [0.15, 0.2) is 0 Å². The summed E-state index contributed by atoms with van der Waals surface area (Å²) in [5.41, 5.74) is 1.17. The molecule has 0 aliphatic heterocycles. The Balaban J connectivity index is 2.21. The molecule has 0 aromatic carbocycles. The predicted molar refractivity (Wildman–Crippen MR) is 61.3 cm³/mol. The summed E-state index contributed by atoms with van der Waals surface area (Å²) in [6.45, 7) is 2.25. The van der Waals surface area contributed by atoms with Crippen LogP contribution >= 0.6 is 27.3 Å². The molecular weight excluding hydrogens is 262 g/mol. The van der Waals surface area contributed by atoms with Crippen LogP contribution < -0.4 is 0 Å². The Morgan fingerprint density at radius 3 is 2.71 bits per heavy atom. The third kappa shape index (κ3) is 1.88. The van der Waals surface area contributed by atoms with Crippen LogP contribution in [0.25, 0.3) is 0 Å². The van der Waals surface area contributed by atoms with Gasteiger partial charge in [0.05, 0.1) is 10.4 Å². The van der Waals surface area contributed by atoms with E-state index in [9.17, 15) is 5.11 Å². The SMILES string of the molecule is CC1CCC(O)(c2scnc2Br)CC1. The van der Waals surface area contributed by atoms with Gasteiger partial charge in [-0.1, -0.05) is 6.92 Å². The van der Waals surface area contributed by atoms with E-state index in [2.05, 4.69) is 27.8 Å². The van der Waals surface area contributed by atoms with E-state index in [1.54, 1.807) is 16.8 Å². The van der Waals surface area contributed by atoms with Gasteiger partial charge in [-0.3, -0.25) is 0 Å². The monoisotopic (exact) mass is 275 g/mol. The fourth-order valence-electron chi connectivity index (χ4n) is 2.00. The second-order valence-corrected chi connectivity index (χ2v) is 5.79. The molecule has 1 heterocycles. The standard InChI is InChI=1S/C10H14BrNOS/c1-7-2-4-10(13,5-3-7)8-9(11)12-6-14-8/h6-7,13H,2-5H2,1H3. The summed E-state index contributed by atoms with van der Waals surface area (Å²) in [5.74, 6) is 0.752. The maximum atomic E-state index is 10.5. The summed E-state index contributed by atoms with van der Waals surface area (Å²) in [6.07, 6.45) is 3.96. The Morgan fingerprint density at radius 1 is 1.57 bits per heavy atom. The topological polar surface area (TPSA) is 33.1 Å². The van der Waals surface area contributed by atoms with E-state index < -0.39 is 5.60 Å². The number of hydrogen-bond acceptors (Lipinski definition) is 3. The molecule has 4 heteroatoms. The lowest BCUT2D eigenvalue weighted by molar-refractivity contribution is -0.00947. The first-order chi connectivity index (χ1) is 6.62. The minimum atomic E-state index is -0.619. The molecule has 1 N–H and O–H groups in total. The Morgan fingerprint density at radius 2 is 2.21 bits per heavy atom. The molecule has 2 rings (SSSR count). The van der Waals surface area contributed by atoms with Gasteiger partial charge in [-0.25, -0.2) is 4.98 Å². The van der Waals surface area contributed by atoms with Crippen LogP contribution in [0.5, 0.6) is 0 Å². The molecule has 1 aliphatic rings. The van der Waals surface area contributed by atoms with E-state index in [1.807, 2.05) is 0 Å². The molecule has 78 valence electrons. The van der Waals surface area contributed by atoms with Crippen LogP contribution in [0.15, 0.2) is 10.1 Å². The molecule has 1 aromatic rings. The summed E-state index contributed by atoms with van der Waals surface area (Å²) >= 11 is 4.94. The first kappa shape index (κ1) is 10.6. The van der Waals surface area contributed by atoms with Crippen molar-refractivity contribution >= 4 is 27.3 Å². The third-order valence-electron chi connectivity index (χ3n) is 3.05. The molecule has 0 saturated heterocycles. The van der Waals surface area contributed by atoms with Crippen molar-refractivity contribution in [3.63, 3.8) is 0 Å². The van der Waals surface area contributed by atoms with Crippen molar-refractivity contribution in [2.45, 2.75) is 38.2 Å². The minimum absolute atomic E-state index is 0.619. The number of aromatic nitrogens is 1. The molecule has 0 atom stereocenters. The highest BCUT2D eigenvalue weighted by molar-refractivity contribution is 9.10. The Labute approximate surface area is 96.5 Å². The Hall–Kier alpha value is 0.0700. The number of nitrogens with zero attached hydrogens (tertiary/aromatic N) is 1. The second kappa shape index (κ2) is 3.91. The van der Waals surface area contributed by atoms with Crippen LogP contribution in [0.4, 0.5) is 0 Å². The van der Waals surface area contributed by atoms with Crippen LogP contribution in [-0.4, -0.2) is 10.1 Å². The molecule has 1 aliphatic carbocycles. The van der Waals surface area contributed by atoms with Crippen molar-refractivity contribution < 1.29 is 5.11 Å². The Kier molecular flexibility index (Phi) is 2.96. The highest BCUT2D eigenvalue weighted by Gasteiger charge is 2.36. The number of rotatable bonds is 1. The van der Waals surface area contributed by atoms with Crippen molar-refractivity contribution in [2.24, 2.45) is 5.92 Å². The first-order valence-corrected chi connectivity index (χ1v) is 6.61. The summed E-state index contributed by atoms with van der Waals surface area (Å²) < 4.78 is 0.819. The van der Waals surface area contributed by atoms with E-state index in [-0.39, 0.29) is 0 Å². The van der Waals surface area contributed by atoms with E-state index in [1.165, 1.54) is 0 Å². The molecule has 0 radical (unpaired) electrons. The summed E-state index contributed by atoms with van der Waals surface area (Å²) in [7, 11) is 0. The van der Waals surface area contributed by atoms with E-state index in [0.717, 1.165) is 41.1 Å². The van der Waals surface area contributed by atoms with Gasteiger partial charge < -0.3 is 5.11 Å². The van der Waals surface area contributed by atoms with Gasteiger partial charge in [0.25, 0.3) is 0 Å². The second-order valence-electron chi connectivity index (χ2n) is 4.19. The van der Waals surface area contributed by atoms with Gasteiger partial charge >= 0.3 is 0 Å². The fourth-order valence-corrected chi connectivity index (χ4v) is 3.73. The Bertz CT molecular complexity index is 318. The number of aliphatic hydroxyl groups is 1. The lowest BCUT2D eigenvalue weighted by atomic mass is 9.79. The molecule has 0 unspecified atom stereocenters. The van der Waals surface area contributed by atoms with Crippen LogP contribution in [0.3, 0.4) is 0 Å². The molecule has 14 heavy (non-hydrogen) atoms. The summed E-state index contributed by atoms with van der Waals surface area (Å²) in [6, 6.07) is 0. The zero-order valence-corrected chi connectivity index (χ0v) is 10.6. The lowest BCUT2D eigenvalue weighted by Crippen LogP contribution is -2.30. The average molecular weight is 276 g/mol. The first-order valence-electron chi connectivity index (χ1n) is 4.94. The average Bonchev–Trinajstić information content (AvgIpc) is 2.58. The van der Waals surface area contributed by atoms with Crippen molar-refractivity contribution in [2.75, 3.05) is 0 Å². The molecule has 1 aromatic heterocycles. The van der Waals surface area contributed by atoms with E-state index in [4.69, 9.17) is 0 Å². The zero-order chi connectivity index (χ0) is 10.2. The minimum Gasteiger partial charge on any atom is -0.384 e. The number of hydrogen-bond donors (Lipinski definition) is 1. The molecule has 1 fully saturated rings. The van der Waals surface area contributed by atoms with E-state index >= 15 is 0 Å². The molecule has 0 amide bonds. The van der Waals surface area contributed by atoms with Crippen LogP contribution in [0.1, 0.15) is 37.5 Å². The van der Waals surface area contributed by atoms with Crippen molar-refractivity contribution in [3.8, 4) is 0 Å². The normalized spacial score (nSPS) is 33.2. The zero-order valence-electron chi connectivity index (χ0n) is 8.16. The van der Waals surface area contributed by atoms with Crippen molar-refractivity contribution in [3.05, 3.63) is 15.0 Å². The lowest BCUT2D eigenvalue weighted by Gasteiger charge is -2.34. The van der Waals surface area contributed by atoms with Crippen LogP contribution in [0, 0.1) is 5.92 Å². The fraction of sp³-hybridized carbons (Fsp3) is 0.700. The highest BCUT2D eigenvalue weighted by atomic mass is 79.9. The van der Waals surface area contributed by atoms with Gasteiger partial charge in [-0.05, 0) is 47.5 Å². The largest absolute Gasteiger partial charge is 0.384 e. The molecular formula is C10H14BrNOS. The van der Waals surface area contributed by atoms with E-state index in [0.29, 0.717) is 0 Å². The van der Waals surface area contributed by atoms with Crippen LogP contribution in [-0.2, 0) is 5.60 Å². The molecule has 2 nitrogen and oxygen atoms in total. The summed E-state index contributed by atoms with van der Waals surface area (Å²) in [4.78, 5) is 5.14. The van der Waals surface area contributed by atoms with Crippen molar-refractivity contribution in [1.29, 1.82) is 0 Å².